The topological polar surface area (TPSA) is 0 Å². The smallest absolute Gasteiger partial charge is 0.00403 e. The molecule has 17 heavy (non-hydrogen) atoms. The van der Waals surface area contributed by atoms with Crippen LogP contribution in [-0.2, 0) is 0 Å². The van der Waals surface area contributed by atoms with E-state index in [1.54, 1.807) is 0 Å². The highest BCUT2D eigenvalue weighted by Crippen LogP contribution is 2.32. The van der Waals surface area contributed by atoms with Gasteiger partial charge in [-0.1, -0.05) is 44.4 Å². The molecule has 1 aromatic rings. The van der Waals surface area contributed by atoms with Crippen LogP contribution in [0, 0.1) is 5.92 Å². The lowest BCUT2D eigenvalue weighted by molar-refractivity contribution is 0.434. The van der Waals surface area contributed by atoms with Crippen LogP contribution in [0.15, 0.2) is 35.2 Å². The van der Waals surface area contributed by atoms with E-state index in [9.17, 15) is 0 Å². The van der Waals surface area contributed by atoms with Gasteiger partial charge in [0.15, 0.2) is 0 Å². The number of rotatable bonds is 4. The molecule has 1 aromatic carbocycles. The molecule has 1 atom stereocenters. The monoisotopic (exact) mass is 246 g/mol. The molecule has 0 radical (unpaired) electrons. The number of allylic oxidation sites excluding steroid dienone is 2. The van der Waals surface area contributed by atoms with Gasteiger partial charge in [-0.25, -0.2) is 0 Å². The summed E-state index contributed by atoms with van der Waals surface area (Å²) in [7, 11) is 0. The number of hydrogen-bond donors (Lipinski definition) is 1. The Morgan fingerprint density at radius 3 is 2.59 bits per heavy atom. The summed E-state index contributed by atoms with van der Waals surface area (Å²) < 4.78 is 0. The molecule has 0 amide bonds. The van der Waals surface area contributed by atoms with Crippen molar-refractivity contribution in [2.24, 2.45) is 5.92 Å². The van der Waals surface area contributed by atoms with Crippen molar-refractivity contribution in [3.8, 4) is 0 Å². The summed E-state index contributed by atoms with van der Waals surface area (Å²) in [6.45, 7) is 2.28. The van der Waals surface area contributed by atoms with Gasteiger partial charge >= 0.3 is 0 Å². The average molecular weight is 246 g/mol. The maximum absolute atomic E-state index is 4.33. The van der Waals surface area contributed by atoms with Gasteiger partial charge in [-0.05, 0) is 48.4 Å². The van der Waals surface area contributed by atoms with Crippen LogP contribution < -0.4 is 0 Å². The molecule has 0 nitrogen and oxygen atoms in total. The van der Waals surface area contributed by atoms with Crippen LogP contribution in [0.3, 0.4) is 0 Å². The van der Waals surface area contributed by atoms with Gasteiger partial charge in [-0.15, -0.1) is 12.6 Å². The number of thiol groups is 1. The number of unbranched alkanes of at least 4 members (excludes halogenated alkanes) is 1. The van der Waals surface area contributed by atoms with E-state index in [2.05, 4.69) is 49.9 Å². The SMILES string of the molecule is CCCCC1CC=C(c2ccc(S)cc2)CC1. The molecule has 1 unspecified atom stereocenters. The van der Waals surface area contributed by atoms with Gasteiger partial charge in [0.2, 0.25) is 0 Å². The minimum atomic E-state index is 0.933. The van der Waals surface area contributed by atoms with Crippen LogP contribution >= 0.6 is 12.6 Å². The molecule has 1 aliphatic carbocycles. The van der Waals surface area contributed by atoms with E-state index < -0.39 is 0 Å². The first-order chi connectivity index (χ1) is 8.29. The summed E-state index contributed by atoms with van der Waals surface area (Å²) in [5.41, 5.74) is 2.92. The highest BCUT2D eigenvalue weighted by atomic mass is 32.1. The van der Waals surface area contributed by atoms with E-state index in [-0.39, 0.29) is 0 Å². The molecule has 0 saturated carbocycles. The number of hydrogen-bond acceptors (Lipinski definition) is 1. The van der Waals surface area contributed by atoms with Crippen molar-refractivity contribution < 1.29 is 0 Å². The summed E-state index contributed by atoms with van der Waals surface area (Å²) in [6, 6.07) is 8.56. The van der Waals surface area contributed by atoms with Crippen LogP contribution in [0.25, 0.3) is 5.57 Å². The Morgan fingerprint density at radius 1 is 1.24 bits per heavy atom. The molecule has 0 fully saturated rings. The highest BCUT2D eigenvalue weighted by molar-refractivity contribution is 7.80. The summed E-state index contributed by atoms with van der Waals surface area (Å²) >= 11 is 4.33. The number of benzene rings is 1. The first-order valence-corrected chi connectivity index (χ1v) is 7.22. The lowest BCUT2D eigenvalue weighted by atomic mass is 9.84. The first kappa shape index (κ1) is 12.8. The summed E-state index contributed by atoms with van der Waals surface area (Å²) in [5.74, 6) is 0.933. The fourth-order valence-electron chi connectivity index (χ4n) is 2.58. The van der Waals surface area contributed by atoms with Gasteiger partial charge in [0, 0.05) is 4.90 Å². The first-order valence-electron chi connectivity index (χ1n) is 6.78. The molecule has 1 aliphatic rings. The molecule has 1 heteroatoms. The van der Waals surface area contributed by atoms with E-state index in [1.165, 1.54) is 49.7 Å². The van der Waals surface area contributed by atoms with Crippen LogP contribution in [0.2, 0.25) is 0 Å². The van der Waals surface area contributed by atoms with E-state index in [4.69, 9.17) is 0 Å². The zero-order valence-electron chi connectivity index (χ0n) is 10.7. The van der Waals surface area contributed by atoms with Gasteiger partial charge in [-0.2, -0.15) is 0 Å². The van der Waals surface area contributed by atoms with Gasteiger partial charge < -0.3 is 0 Å². The predicted molar refractivity (Wildman–Crippen MR) is 78.5 cm³/mol. The van der Waals surface area contributed by atoms with Gasteiger partial charge in [0.1, 0.15) is 0 Å². The maximum Gasteiger partial charge on any atom is 0.00403 e. The van der Waals surface area contributed by atoms with Crippen molar-refractivity contribution in [1.82, 2.24) is 0 Å². The molecule has 0 saturated heterocycles. The third-order valence-corrected chi connectivity index (χ3v) is 4.02. The van der Waals surface area contributed by atoms with Crippen LogP contribution in [0.4, 0.5) is 0 Å². The van der Waals surface area contributed by atoms with Gasteiger partial charge in [-0.3, -0.25) is 0 Å². The van der Waals surface area contributed by atoms with Crippen LogP contribution in [0.1, 0.15) is 51.0 Å². The van der Waals surface area contributed by atoms with Crippen molar-refractivity contribution in [2.75, 3.05) is 0 Å². The summed E-state index contributed by atoms with van der Waals surface area (Å²) in [5, 5.41) is 0. The second-order valence-corrected chi connectivity index (χ2v) is 5.58. The van der Waals surface area contributed by atoms with E-state index in [0.29, 0.717) is 0 Å². The van der Waals surface area contributed by atoms with Crippen molar-refractivity contribution in [1.29, 1.82) is 0 Å². The molecule has 2 rings (SSSR count). The zero-order chi connectivity index (χ0) is 12.1. The van der Waals surface area contributed by atoms with E-state index >= 15 is 0 Å². The van der Waals surface area contributed by atoms with Gasteiger partial charge in [0.25, 0.3) is 0 Å². The Labute approximate surface area is 111 Å². The molecule has 92 valence electrons. The maximum atomic E-state index is 4.33. The molecule has 0 N–H and O–H groups in total. The predicted octanol–water partition coefficient (Wildman–Crippen LogP) is 5.35. The van der Waals surface area contributed by atoms with E-state index in [1.807, 2.05) is 0 Å². The largest absolute Gasteiger partial charge is 0.143 e. The van der Waals surface area contributed by atoms with Crippen LogP contribution in [-0.4, -0.2) is 0 Å². The molecule has 0 aromatic heterocycles. The Hall–Kier alpha value is -0.690. The fourth-order valence-corrected chi connectivity index (χ4v) is 2.73. The Balaban J connectivity index is 1.96. The minimum absolute atomic E-state index is 0.933. The summed E-state index contributed by atoms with van der Waals surface area (Å²) in [6.07, 6.45) is 10.5. The minimum Gasteiger partial charge on any atom is -0.143 e. The Morgan fingerprint density at radius 2 is 2.00 bits per heavy atom. The zero-order valence-corrected chi connectivity index (χ0v) is 11.5. The Kier molecular flexibility index (Phi) is 4.73. The Bertz CT molecular complexity index is 375. The second-order valence-electron chi connectivity index (χ2n) is 5.06. The molecule has 0 aliphatic heterocycles. The van der Waals surface area contributed by atoms with Crippen molar-refractivity contribution >= 4 is 18.2 Å². The molecule has 0 spiro atoms. The van der Waals surface area contributed by atoms with Crippen molar-refractivity contribution in [3.63, 3.8) is 0 Å². The van der Waals surface area contributed by atoms with Crippen molar-refractivity contribution in [2.45, 2.75) is 50.3 Å². The quantitative estimate of drug-likeness (QED) is 0.680. The van der Waals surface area contributed by atoms with E-state index in [0.717, 1.165) is 10.8 Å². The third kappa shape index (κ3) is 3.64. The lowest BCUT2D eigenvalue weighted by Gasteiger charge is -2.22. The third-order valence-electron chi connectivity index (χ3n) is 3.72. The average Bonchev–Trinajstić information content (AvgIpc) is 2.38. The van der Waals surface area contributed by atoms with Gasteiger partial charge in [0.05, 0.1) is 0 Å². The van der Waals surface area contributed by atoms with Crippen LogP contribution in [0.5, 0.6) is 0 Å². The fraction of sp³-hybridized carbons (Fsp3) is 0.500. The molecular weight excluding hydrogens is 224 g/mol. The standard InChI is InChI=1S/C16H22S/c1-2-3-4-13-5-7-14(8-6-13)15-9-11-16(17)12-10-15/h7,9-13,17H,2-6,8H2,1H3. The molecular formula is C16H22S. The molecule has 0 bridgehead atoms. The van der Waals surface area contributed by atoms with Crippen molar-refractivity contribution in [3.05, 3.63) is 35.9 Å². The normalized spacial score (nSPS) is 20.1. The lowest BCUT2D eigenvalue weighted by Crippen LogP contribution is -2.05. The highest BCUT2D eigenvalue weighted by Gasteiger charge is 2.14. The summed E-state index contributed by atoms with van der Waals surface area (Å²) in [4.78, 5) is 1.05. The molecule has 0 heterocycles. The second kappa shape index (κ2) is 6.30.